The third kappa shape index (κ3) is 3.14. The van der Waals surface area contributed by atoms with Gasteiger partial charge in [0.2, 0.25) is 0 Å². The van der Waals surface area contributed by atoms with E-state index in [1.165, 1.54) is 24.4 Å². The van der Waals surface area contributed by atoms with Gasteiger partial charge in [-0.3, -0.25) is 5.10 Å². The number of furan rings is 1. The van der Waals surface area contributed by atoms with Crippen LogP contribution in [0.5, 0.6) is 0 Å². The van der Waals surface area contributed by atoms with Crippen molar-refractivity contribution >= 4 is 0 Å². The van der Waals surface area contributed by atoms with Gasteiger partial charge in [0.1, 0.15) is 17.3 Å². The van der Waals surface area contributed by atoms with E-state index in [0.717, 1.165) is 55.3 Å². The average Bonchev–Trinajstić information content (AvgIpc) is 3.30. The van der Waals surface area contributed by atoms with Crippen LogP contribution in [0.3, 0.4) is 0 Å². The van der Waals surface area contributed by atoms with Crippen LogP contribution in [0.2, 0.25) is 0 Å². The molecule has 4 rings (SSSR count). The normalized spacial score (nSPS) is 14.0. The summed E-state index contributed by atoms with van der Waals surface area (Å²) in [5.74, 6) is 2.99. The van der Waals surface area contributed by atoms with Crippen molar-refractivity contribution in [2.24, 2.45) is 0 Å². The predicted octanol–water partition coefficient (Wildman–Crippen LogP) is 2.84. The van der Waals surface area contributed by atoms with Crippen LogP contribution in [-0.4, -0.2) is 26.3 Å². The van der Waals surface area contributed by atoms with Gasteiger partial charge in [-0.2, -0.15) is 5.10 Å². The Balaban J connectivity index is 1.32. The van der Waals surface area contributed by atoms with Gasteiger partial charge in [0.15, 0.2) is 5.76 Å². The lowest BCUT2D eigenvalue weighted by Crippen LogP contribution is -2.17. The van der Waals surface area contributed by atoms with Gasteiger partial charge >= 0.3 is 0 Å². The summed E-state index contributed by atoms with van der Waals surface area (Å²) in [5, 5.41) is 10.7. The molecule has 4 heterocycles. The Kier molecular flexibility index (Phi) is 4.21. The van der Waals surface area contributed by atoms with Crippen molar-refractivity contribution in [3.63, 3.8) is 0 Å². The van der Waals surface area contributed by atoms with E-state index in [1.807, 2.05) is 25.3 Å². The van der Waals surface area contributed by atoms with Gasteiger partial charge in [0, 0.05) is 44.2 Å². The Morgan fingerprint density at radius 2 is 2.29 bits per heavy atom. The Morgan fingerprint density at radius 1 is 1.33 bits per heavy atom. The Hall–Kier alpha value is -2.34. The molecule has 0 bridgehead atoms. The molecule has 0 radical (unpaired) electrons. The maximum atomic E-state index is 5.68. The van der Waals surface area contributed by atoms with Crippen LogP contribution in [-0.2, 0) is 25.9 Å². The number of aromatic nitrogens is 4. The van der Waals surface area contributed by atoms with E-state index < -0.39 is 0 Å². The summed E-state index contributed by atoms with van der Waals surface area (Å²) in [5.41, 5.74) is 3.26. The van der Waals surface area contributed by atoms with Crippen molar-refractivity contribution < 1.29 is 4.42 Å². The molecule has 0 fully saturated rings. The molecule has 0 atom stereocenters. The second-order valence-electron chi connectivity index (χ2n) is 6.41. The van der Waals surface area contributed by atoms with Crippen molar-refractivity contribution in [1.29, 1.82) is 0 Å². The first kappa shape index (κ1) is 15.2. The first-order chi connectivity index (χ1) is 11.8. The first-order valence-corrected chi connectivity index (χ1v) is 8.64. The minimum atomic E-state index is 0.763. The Morgan fingerprint density at radius 3 is 3.12 bits per heavy atom. The number of aromatic amines is 1. The highest BCUT2D eigenvalue weighted by atomic mass is 16.3. The van der Waals surface area contributed by atoms with Gasteiger partial charge in [0.05, 0.1) is 11.9 Å². The number of aryl methyl sites for hydroxylation is 3. The molecular weight excluding hydrogens is 302 g/mol. The number of imidazole rings is 1. The second-order valence-corrected chi connectivity index (χ2v) is 6.41. The third-order valence-corrected chi connectivity index (χ3v) is 4.54. The molecule has 2 N–H and O–H groups in total. The van der Waals surface area contributed by atoms with E-state index in [1.54, 1.807) is 0 Å². The molecule has 0 amide bonds. The number of rotatable bonds is 6. The fourth-order valence-corrected chi connectivity index (χ4v) is 3.26. The lowest BCUT2D eigenvalue weighted by atomic mass is 10.2. The van der Waals surface area contributed by atoms with Crippen molar-refractivity contribution in [2.75, 3.05) is 6.54 Å². The summed E-state index contributed by atoms with van der Waals surface area (Å²) in [7, 11) is 0. The summed E-state index contributed by atoms with van der Waals surface area (Å²) in [6.07, 6.45) is 8.68. The van der Waals surface area contributed by atoms with Gasteiger partial charge in [-0.1, -0.05) is 0 Å². The average molecular weight is 325 g/mol. The molecule has 24 heavy (non-hydrogen) atoms. The number of H-pyrrole nitrogens is 1. The summed E-state index contributed by atoms with van der Waals surface area (Å²) in [6, 6.07) is 3.94. The highest BCUT2D eigenvalue weighted by Crippen LogP contribution is 2.23. The van der Waals surface area contributed by atoms with Crippen LogP contribution < -0.4 is 5.32 Å². The van der Waals surface area contributed by atoms with Crippen molar-refractivity contribution in [2.45, 2.75) is 45.7 Å². The topological polar surface area (TPSA) is 71.7 Å². The van der Waals surface area contributed by atoms with Gasteiger partial charge in [0.25, 0.3) is 0 Å². The molecule has 6 heteroatoms. The Labute approximate surface area is 141 Å². The monoisotopic (exact) mass is 325 g/mol. The fraction of sp³-hybridized carbons (Fsp3) is 0.444. The maximum Gasteiger partial charge on any atom is 0.152 e. The van der Waals surface area contributed by atoms with Crippen LogP contribution >= 0.6 is 0 Å². The molecule has 0 saturated carbocycles. The molecule has 0 unspecified atom stereocenters. The molecule has 6 nitrogen and oxygen atoms in total. The molecule has 0 saturated heterocycles. The number of fused-ring (bicyclic) bond motifs is 1. The van der Waals surface area contributed by atoms with Crippen LogP contribution in [0.15, 0.2) is 28.9 Å². The van der Waals surface area contributed by atoms with Crippen LogP contribution in [0.25, 0.3) is 11.5 Å². The van der Waals surface area contributed by atoms with E-state index >= 15 is 0 Å². The van der Waals surface area contributed by atoms with Crippen molar-refractivity contribution in [1.82, 2.24) is 25.1 Å². The molecule has 126 valence electrons. The summed E-state index contributed by atoms with van der Waals surface area (Å²) < 4.78 is 7.99. The van der Waals surface area contributed by atoms with Crippen LogP contribution in [0, 0.1) is 6.92 Å². The molecule has 3 aromatic rings. The zero-order valence-electron chi connectivity index (χ0n) is 14.0. The molecule has 1 aliphatic rings. The number of hydrogen-bond donors (Lipinski definition) is 2. The molecular formula is C18H23N5O. The van der Waals surface area contributed by atoms with Gasteiger partial charge in [-0.05, 0) is 31.9 Å². The number of hydrogen-bond acceptors (Lipinski definition) is 4. The summed E-state index contributed by atoms with van der Waals surface area (Å²) >= 11 is 0. The quantitative estimate of drug-likeness (QED) is 0.684. The highest BCUT2D eigenvalue weighted by molar-refractivity contribution is 5.56. The highest BCUT2D eigenvalue weighted by Gasteiger charge is 2.13. The first-order valence-electron chi connectivity index (χ1n) is 8.64. The molecule has 1 aliphatic heterocycles. The van der Waals surface area contributed by atoms with Gasteiger partial charge in [-0.15, -0.1) is 0 Å². The van der Waals surface area contributed by atoms with Crippen LogP contribution in [0.1, 0.15) is 35.7 Å². The molecule has 0 aliphatic carbocycles. The molecule has 0 spiro atoms. The van der Waals surface area contributed by atoms with E-state index in [-0.39, 0.29) is 0 Å². The van der Waals surface area contributed by atoms with E-state index in [2.05, 4.69) is 26.3 Å². The molecule has 0 aromatic carbocycles. The third-order valence-electron chi connectivity index (χ3n) is 4.54. The fourth-order valence-electron chi connectivity index (χ4n) is 3.26. The number of nitrogens with one attached hydrogen (secondary N) is 2. The van der Waals surface area contributed by atoms with Crippen LogP contribution in [0.4, 0.5) is 0 Å². The summed E-state index contributed by atoms with van der Waals surface area (Å²) in [4.78, 5) is 4.74. The summed E-state index contributed by atoms with van der Waals surface area (Å²) in [6.45, 7) is 4.73. The standard InChI is InChI=1S/C18H23N5O/c1-13-5-6-16(24-13)18-14(11-20-22-18)10-19-8-7-15-12-23-9-3-2-4-17(23)21-15/h5-6,11-12,19H,2-4,7-10H2,1H3,(H,20,22). The number of nitrogens with zero attached hydrogens (tertiary/aromatic N) is 3. The minimum Gasteiger partial charge on any atom is -0.460 e. The largest absolute Gasteiger partial charge is 0.460 e. The van der Waals surface area contributed by atoms with E-state index in [9.17, 15) is 0 Å². The maximum absolute atomic E-state index is 5.68. The van der Waals surface area contributed by atoms with E-state index in [4.69, 9.17) is 9.40 Å². The molecule has 3 aromatic heterocycles. The van der Waals surface area contributed by atoms with E-state index in [0.29, 0.717) is 0 Å². The second kappa shape index (κ2) is 6.65. The Bertz CT molecular complexity index is 790. The zero-order valence-corrected chi connectivity index (χ0v) is 14.0. The lowest BCUT2D eigenvalue weighted by Gasteiger charge is -2.11. The van der Waals surface area contributed by atoms with Crippen molar-refractivity contribution in [3.8, 4) is 11.5 Å². The smallest absolute Gasteiger partial charge is 0.152 e. The minimum absolute atomic E-state index is 0.763. The van der Waals surface area contributed by atoms with Gasteiger partial charge in [-0.25, -0.2) is 4.98 Å². The van der Waals surface area contributed by atoms with Gasteiger partial charge < -0.3 is 14.3 Å². The SMILES string of the molecule is Cc1ccc(-c2[nH]ncc2CNCCc2cn3c(n2)CCCC3)o1. The predicted molar refractivity (Wildman–Crippen MR) is 91.6 cm³/mol. The lowest BCUT2D eigenvalue weighted by molar-refractivity contribution is 0.522. The van der Waals surface area contributed by atoms with Crippen molar-refractivity contribution in [3.05, 3.63) is 47.4 Å². The zero-order chi connectivity index (χ0) is 16.4.